The number of carbonyl (C=O) groups is 1. The number of hydrogen-bond acceptors (Lipinski definition) is 5. The molecule has 1 aromatic heterocycles. The van der Waals surface area contributed by atoms with Crippen molar-refractivity contribution in [2.75, 3.05) is 24.6 Å². The fourth-order valence-corrected chi connectivity index (χ4v) is 5.01. The van der Waals surface area contributed by atoms with Crippen LogP contribution in [0.25, 0.3) is 10.9 Å². The number of rotatable bonds is 4. The monoisotopic (exact) mass is 466 g/mol. The highest BCUT2D eigenvalue weighted by Gasteiger charge is 2.20. The number of fused-ring (bicyclic) bond motifs is 1. The van der Waals surface area contributed by atoms with Gasteiger partial charge in [-0.25, -0.2) is 4.99 Å². The number of aromatic hydroxyl groups is 1. The van der Waals surface area contributed by atoms with E-state index in [9.17, 15) is 15.2 Å². The fraction of sp³-hybridized carbons (Fsp3) is 0.148. The number of H-pyrrole nitrogens is 1. The fourth-order valence-electron chi connectivity index (χ4n) is 4.10. The second kappa shape index (κ2) is 9.46. The second-order valence-electron chi connectivity index (χ2n) is 8.00. The summed E-state index contributed by atoms with van der Waals surface area (Å²) in [5, 5.41) is 20.9. The lowest BCUT2D eigenvalue weighted by Gasteiger charge is -2.26. The molecule has 0 atom stereocenters. The molecule has 0 unspecified atom stereocenters. The lowest BCUT2D eigenvalue weighted by molar-refractivity contribution is 0.0772. The van der Waals surface area contributed by atoms with Crippen molar-refractivity contribution in [1.29, 1.82) is 5.26 Å². The molecule has 0 saturated carbocycles. The SMILES string of the molecule is N#Cc1ccc2[nH]c(O)c(C(=Nc3ccc(C(=O)N4CCSCC4)cc3)c3ccccc3)c2c1. The number of nitrogens with zero attached hydrogens (tertiary/aromatic N) is 3. The van der Waals surface area contributed by atoms with Crippen LogP contribution in [0.3, 0.4) is 0 Å². The lowest BCUT2D eigenvalue weighted by atomic mass is 10.00. The quantitative estimate of drug-likeness (QED) is 0.409. The van der Waals surface area contributed by atoms with E-state index < -0.39 is 0 Å². The number of thioether (sulfide) groups is 1. The molecule has 1 aliphatic heterocycles. The van der Waals surface area contributed by atoms with Crippen molar-refractivity contribution >= 4 is 40.0 Å². The van der Waals surface area contributed by atoms with Crippen LogP contribution in [-0.4, -0.2) is 51.2 Å². The van der Waals surface area contributed by atoms with Gasteiger partial charge in [-0.05, 0) is 42.5 Å². The van der Waals surface area contributed by atoms with Gasteiger partial charge in [-0.15, -0.1) is 0 Å². The van der Waals surface area contributed by atoms with Gasteiger partial charge in [0.2, 0.25) is 0 Å². The summed E-state index contributed by atoms with van der Waals surface area (Å²) < 4.78 is 0. The number of carbonyl (C=O) groups excluding carboxylic acids is 1. The first kappa shape index (κ1) is 21.8. The molecule has 34 heavy (non-hydrogen) atoms. The molecule has 0 aliphatic carbocycles. The molecule has 0 bridgehead atoms. The minimum atomic E-state index is -0.0116. The lowest BCUT2D eigenvalue weighted by Crippen LogP contribution is -2.37. The Labute approximate surface area is 201 Å². The van der Waals surface area contributed by atoms with Crippen molar-refractivity contribution in [2.45, 2.75) is 0 Å². The molecule has 7 heteroatoms. The average Bonchev–Trinajstić information content (AvgIpc) is 3.22. The van der Waals surface area contributed by atoms with Gasteiger partial charge < -0.3 is 15.0 Å². The van der Waals surface area contributed by atoms with Crippen molar-refractivity contribution in [3.63, 3.8) is 0 Å². The van der Waals surface area contributed by atoms with Crippen LogP contribution in [0.2, 0.25) is 0 Å². The van der Waals surface area contributed by atoms with Crippen molar-refractivity contribution in [3.8, 4) is 11.9 Å². The zero-order valence-electron chi connectivity index (χ0n) is 18.4. The maximum absolute atomic E-state index is 12.8. The van der Waals surface area contributed by atoms with E-state index in [-0.39, 0.29) is 11.8 Å². The molecule has 2 N–H and O–H groups in total. The molecular weight excluding hydrogens is 444 g/mol. The molecule has 5 rings (SSSR count). The summed E-state index contributed by atoms with van der Waals surface area (Å²) in [7, 11) is 0. The Kier molecular flexibility index (Phi) is 6.07. The molecule has 0 spiro atoms. The molecule has 6 nitrogen and oxygen atoms in total. The highest BCUT2D eigenvalue weighted by molar-refractivity contribution is 7.99. The molecule has 1 aliphatic rings. The van der Waals surface area contributed by atoms with Crippen molar-refractivity contribution in [2.24, 2.45) is 4.99 Å². The predicted molar refractivity (Wildman–Crippen MR) is 136 cm³/mol. The Hall–Kier alpha value is -4.02. The molecule has 1 amide bonds. The van der Waals surface area contributed by atoms with Crippen molar-refractivity contribution in [3.05, 3.63) is 95.1 Å². The zero-order valence-corrected chi connectivity index (χ0v) is 19.2. The van der Waals surface area contributed by atoms with Crippen LogP contribution in [0.5, 0.6) is 5.88 Å². The minimum Gasteiger partial charge on any atom is -0.494 e. The Balaban J connectivity index is 1.57. The van der Waals surface area contributed by atoms with Gasteiger partial charge in [-0.2, -0.15) is 17.0 Å². The number of nitriles is 1. The van der Waals surface area contributed by atoms with Gasteiger partial charge in [0.25, 0.3) is 5.91 Å². The molecule has 1 fully saturated rings. The molecule has 168 valence electrons. The van der Waals surface area contributed by atoms with E-state index >= 15 is 0 Å². The number of hydrogen-bond donors (Lipinski definition) is 2. The summed E-state index contributed by atoms with van der Waals surface area (Å²) in [6.07, 6.45) is 0. The smallest absolute Gasteiger partial charge is 0.253 e. The summed E-state index contributed by atoms with van der Waals surface area (Å²) in [5.74, 6) is 1.96. The third kappa shape index (κ3) is 4.28. The van der Waals surface area contributed by atoms with Gasteiger partial charge in [0.05, 0.1) is 28.6 Å². The van der Waals surface area contributed by atoms with Crippen molar-refractivity contribution in [1.82, 2.24) is 9.88 Å². The molecule has 0 radical (unpaired) electrons. The van der Waals surface area contributed by atoms with Gasteiger partial charge in [0, 0.05) is 46.6 Å². The highest BCUT2D eigenvalue weighted by atomic mass is 32.2. The van der Waals surface area contributed by atoms with E-state index in [4.69, 9.17) is 4.99 Å². The third-order valence-electron chi connectivity index (χ3n) is 5.85. The first-order valence-electron chi connectivity index (χ1n) is 11.0. The van der Waals surface area contributed by atoms with E-state index in [1.54, 1.807) is 30.3 Å². The van der Waals surface area contributed by atoms with Crippen LogP contribution < -0.4 is 0 Å². The van der Waals surface area contributed by atoms with Crippen LogP contribution in [0.4, 0.5) is 5.69 Å². The predicted octanol–water partition coefficient (Wildman–Crippen LogP) is 5.10. The topological polar surface area (TPSA) is 92.5 Å². The highest BCUT2D eigenvalue weighted by Crippen LogP contribution is 2.32. The standard InChI is InChI=1S/C27H22N4O2S/c28-17-18-6-11-23-22(16-18)24(26(32)30-23)25(19-4-2-1-3-5-19)29-21-9-7-20(8-10-21)27(33)31-12-14-34-15-13-31/h1-11,16,30,32H,12-15H2. The summed E-state index contributed by atoms with van der Waals surface area (Å²) in [6, 6.07) is 24.2. The van der Waals surface area contributed by atoms with Gasteiger partial charge in [-0.3, -0.25) is 4.79 Å². The maximum atomic E-state index is 12.8. The first-order chi connectivity index (χ1) is 16.6. The van der Waals surface area contributed by atoms with E-state index in [2.05, 4.69) is 11.1 Å². The van der Waals surface area contributed by atoms with Crippen LogP contribution in [-0.2, 0) is 0 Å². The van der Waals surface area contributed by atoms with E-state index in [0.717, 1.165) is 35.7 Å². The number of aliphatic imine (C=N–C) groups is 1. The Morgan fingerprint density at radius 1 is 1.00 bits per heavy atom. The minimum absolute atomic E-state index is 0.0116. The molecule has 3 aromatic carbocycles. The Bertz CT molecular complexity index is 1410. The van der Waals surface area contributed by atoms with Gasteiger partial charge >= 0.3 is 0 Å². The van der Waals surface area contributed by atoms with Gasteiger partial charge in [-0.1, -0.05) is 30.3 Å². The van der Waals surface area contributed by atoms with Crippen LogP contribution in [0, 0.1) is 11.3 Å². The molecule has 2 heterocycles. The van der Waals surface area contributed by atoms with Crippen LogP contribution in [0.15, 0.2) is 77.8 Å². The zero-order chi connectivity index (χ0) is 23.5. The average molecular weight is 467 g/mol. The second-order valence-corrected chi connectivity index (χ2v) is 9.22. The maximum Gasteiger partial charge on any atom is 0.253 e. The van der Waals surface area contributed by atoms with E-state index in [1.165, 1.54) is 0 Å². The molecular formula is C27H22N4O2S. The summed E-state index contributed by atoms with van der Waals surface area (Å²) in [5.41, 5.74) is 4.45. The number of benzene rings is 3. The Morgan fingerprint density at radius 3 is 2.44 bits per heavy atom. The molecule has 4 aromatic rings. The number of amides is 1. The summed E-state index contributed by atoms with van der Waals surface area (Å²) >= 11 is 1.87. The third-order valence-corrected chi connectivity index (χ3v) is 6.79. The van der Waals surface area contributed by atoms with Crippen LogP contribution >= 0.6 is 11.8 Å². The normalized spacial score (nSPS) is 14.2. The van der Waals surface area contributed by atoms with Gasteiger partial charge in [0.1, 0.15) is 0 Å². The van der Waals surface area contributed by atoms with Crippen molar-refractivity contribution < 1.29 is 9.90 Å². The largest absolute Gasteiger partial charge is 0.494 e. The molecule has 1 saturated heterocycles. The van der Waals surface area contributed by atoms with E-state index in [1.807, 2.05) is 59.1 Å². The number of aromatic amines is 1. The van der Waals surface area contributed by atoms with Gasteiger partial charge in [0.15, 0.2) is 5.88 Å². The summed E-state index contributed by atoms with van der Waals surface area (Å²) in [4.78, 5) is 22.6. The van der Waals surface area contributed by atoms with E-state index in [0.29, 0.717) is 33.5 Å². The number of aromatic nitrogens is 1. The summed E-state index contributed by atoms with van der Waals surface area (Å²) in [6.45, 7) is 1.54. The Morgan fingerprint density at radius 2 is 1.74 bits per heavy atom. The number of nitrogens with one attached hydrogen (secondary N) is 1. The first-order valence-corrected chi connectivity index (χ1v) is 12.2. The van der Waals surface area contributed by atoms with Crippen LogP contribution in [0.1, 0.15) is 27.0 Å².